The van der Waals surface area contributed by atoms with Crippen LogP contribution >= 0.6 is 27.5 Å². The Balaban J connectivity index is 1.26. The van der Waals surface area contributed by atoms with Gasteiger partial charge in [-0.2, -0.15) is 20.1 Å². The van der Waals surface area contributed by atoms with Crippen LogP contribution in [-0.2, 0) is 16.0 Å². The summed E-state index contributed by atoms with van der Waals surface area (Å²) in [5.41, 5.74) is 2.05. The van der Waals surface area contributed by atoms with E-state index in [1.165, 1.54) is 0 Å². The molecule has 204 valence electrons. The molecule has 4 heterocycles. The average Bonchev–Trinajstić information content (AvgIpc) is 3.50. The number of fused-ring (bicyclic) bond motifs is 1. The zero-order valence-electron chi connectivity index (χ0n) is 22.1. The van der Waals surface area contributed by atoms with Gasteiger partial charge < -0.3 is 14.4 Å². The van der Waals surface area contributed by atoms with Crippen LogP contribution in [-0.4, -0.2) is 61.1 Å². The predicted molar refractivity (Wildman–Crippen MR) is 151 cm³/mol. The highest BCUT2D eigenvalue weighted by Gasteiger charge is 2.28. The lowest BCUT2D eigenvalue weighted by atomic mass is 9.98. The molecule has 38 heavy (non-hydrogen) atoms. The monoisotopic (exact) mass is 604 g/mol. The molecule has 2 aliphatic rings. The van der Waals surface area contributed by atoms with Gasteiger partial charge in [-0.1, -0.05) is 17.7 Å². The largest absolute Gasteiger partial charge is 0.444 e. The minimum absolute atomic E-state index is 0.0546. The van der Waals surface area contributed by atoms with Gasteiger partial charge in [0.25, 0.3) is 0 Å². The van der Waals surface area contributed by atoms with Gasteiger partial charge in [0.05, 0.1) is 29.5 Å². The van der Waals surface area contributed by atoms with Crippen molar-refractivity contribution in [2.24, 2.45) is 5.92 Å². The molecule has 0 saturated carbocycles. The Morgan fingerprint density at radius 2 is 2.05 bits per heavy atom. The topological polar surface area (TPSA) is 87.3 Å². The number of aromatic nitrogens is 5. The molecule has 1 amide bonds. The van der Waals surface area contributed by atoms with Crippen molar-refractivity contribution in [1.29, 1.82) is 0 Å². The summed E-state index contributed by atoms with van der Waals surface area (Å²) in [4.78, 5) is 16.0. The number of nitrogens with zero attached hydrogens (tertiary/aromatic N) is 6. The second-order valence-corrected chi connectivity index (χ2v) is 12.2. The number of halogens is 2. The first kappa shape index (κ1) is 27.1. The van der Waals surface area contributed by atoms with E-state index in [2.05, 4.69) is 31.2 Å². The van der Waals surface area contributed by atoms with Gasteiger partial charge in [0.2, 0.25) is 0 Å². The third-order valence-corrected chi connectivity index (χ3v) is 7.99. The van der Waals surface area contributed by atoms with Crippen LogP contribution in [0.2, 0.25) is 5.02 Å². The standard InChI is InChI=1S/C27H34BrClN6O3/c1-27(2,3)38-26(36)33-11-6-7-18(16-33)17-34-30-14-19(32-34)9-10-20-22(29)13-23-21(25(20)28)15-31-35(23)24-8-4-5-12-37-24/h9-10,13-15,18,24H,4-8,11-12,16-17H2,1-3H3/b10-9-. The number of rotatable bonds is 5. The molecular formula is C27H34BrClN6O3. The summed E-state index contributed by atoms with van der Waals surface area (Å²) in [5.74, 6) is 0.274. The number of benzene rings is 1. The van der Waals surface area contributed by atoms with E-state index in [1.807, 2.05) is 49.9 Å². The highest BCUT2D eigenvalue weighted by atomic mass is 79.9. The number of piperidine rings is 1. The summed E-state index contributed by atoms with van der Waals surface area (Å²) < 4.78 is 14.3. The molecule has 11 heteroatoms. The zero-order chi connectivity index (χ0) is 26.9. The van der Waals surface area contributed by atoms with Gasteiger partial charge in [0.15, 0.2) is 6.23 Å². The maximum Gasteiger partial charge on any atom is 0.410 e. The summed E-state index contributed by atoms with van der Waals surface area (Å²) in [6, 6.07) is 1.95. The second-order valence-electron chi connectivity index (χ2n) is 11.0. The van der Waals surface area contributed by atoms with Gasteiger partial charge in [-0.3, -0.25) is 0 Å². The number of amides is 1. The molecule has 5 rings (SSSR count). The first-order valence-corrected chi connectivity index (χ1v) is 14.4. The fourth-order valence-electron chi connectivity index (χ4n) is 5.01. The fourth-order valence-corrected chi connectivity index (χ4v) is 6.04. The van der Waals surface area contributed by atoms with Gasteiger partial charge in [-0.15, -0.1) is 0 Å². The first-order chi connectivity index (χ1) is 18.2. The summed E-state index contributed by atoms with van der Waals surface area (Å²) in [5, 5.41) is 15.3. The first-order valence-electron chi connectivity index (χ1n) is 13.2. The van der Waals surface area contributed by atoms with Crippen LogP contribution in [0.25, 0.3) is 23.1 Å². The van der Waals surface area contributed by atoms with E-state index in [1.54, 1.807) is 15.9 Å². The number of carbonyl (C=O) groups is 1. The van der Waals surface area contributed by atoms with E-state index in [0.717, 1.165) is 71.9 Å². The molecule has 0 bridgehead atoms. The van der Waals surface area contributed by atoms with E-state index in [0.29, 0.717) is 18.1 Å². The van der Waals surface area contributed by atoms with E-state index in [-0.39, 0.29) is 18.2 Å². The van der Waals surface area contributed by atoms with Gasteiger partial charge in [-0.25, -0.2) is 9.48 Å². The van der Waals surface area contributed by atoms with Crippen molar-refractivity contribution < 1.29 is 14.3 Å². The highest BCUT2D eigenvalue weighted by molar-refractivity contribution is 9.10. The summed E-state index contributed by atoms with van der Waals surface area (Å²) in [6.45, 7) is 8.42. The Morgan fingerprint density at radius 1 is 1.21 bits per heavy atom. The van der Waals surface area contributed by atoms with Crippen molar-refractivity contribution in [3.63, 3.8) is 0 Å². The number of likely N-dealkylation sites (tertiary alicyclic amines) is 1. The molecule has 2 atom stereocenters. The number of carbonyl (C=O) groups excluding carboxylic acids is 1. The molecule has 0 aliphatic carbocycles. The van der Waals surface area contributed by atoms with Crippen molar-refractivity contribution in [2.75, 3.05) is 19.7 Å². The smallest absolute Gasteiger partial charge is 0.410 e. The average molecular weight is 606 g/mol. The lowest BCUT2D eigenvalue weighted by molar-refractivity contribution is -0.0366. The highest BCUT2D eigenvalue weighted by Crippen LogP contribution is 2.37. The Kier molecular flexibility index (Phi) is 8.11. The third kappa shape index (κ3) is 6.24. The Bertz CT molecular complexity index is 1320. The SMILES string of the molecule is CC(C)(C)OC(=O)N1CCCC(Cn2ncc(/C=C\c3c(Cl)cc4c(cnn4C4CCCCO4)c3Br)n2)C1. The fraction of sp³-hybridized carbons (Fsp3) is 0.556. The molecule has 0 spiro atoms. The van der Waals surface area contributed by atoms with Gasteiger partial charge in [0.1, 0.15) is 11.3 Å². The van der Waals surface area contributed by atoms with E-state index >= 15 is 0 Å². The normalized spacial score (nSPS) is 20.9. The minimum Gasteiger partial charge on any atom is -0.444 e. The van der Waals surface area contributed by atoms with Crippen molar-refractivity contribution in [3.05, 3.63) is 39.2 Å². The molecule has 2 aliphatic heterocycles. The quantitative estimate of drug-likeness (QED) is 0.327. The van der Waals surface area contributed by atoms with Gasteiger partial charge in [0, 0.05) is 35.1 Å². The van der Waals surface area contributed by atoms with Crippen LogP contribution in [0.1, 0.15) is 70.4 Å². The number of ether oxygens (including phenoxy) is 2. The lowest BCUT2D eigenvalue weighted by Gasteiger charge is -2.33. The molecule has 2 fully saturated rings. The van der Waals surface area contributed by atoms with Crippen LogP contribution in [0.4, 0.5) is 4.79 Å². The van der Waals surface area contributed by atoms with Crippen molar-refractivity contribution in [1.82, 2.24) is 29.7 Å². The lowest BCUT2D eigenvalue weighted by Crippen LogP contribution is -2.43. The Morgan fingerprint density at radius 3 is 2.82 bits per heavy atom. The van der Waals surface area contributed by atoms with E-state index in [9.17, 15) is 4.79 Å². The maximum atomic E-state index is 12.5. The molecule has 1 aromatic carbocycles. The van der Waals surface area contributed by atoms with Crippen LogP contribution in [0.15, 0.2) is 22.9 Å². The maximum absolute atomic E-state index is 12.5. The molecule has 3 aromatic rings. The minimum atomic E-state index is -0.499. The van der Waals surface area contributed by atoms with Crippen molar-refractivity contribution in [2.45, 2.75) is 71.2 Å². The van der Waals surface area contributed by atoms with E-state index in [4.69, 9.17) is 21.1 Å². The summed E-state index contributed by atoms with van der Waals surface area (Å²) in [7, 11) is 0. The second kappa shape index (κ2) is 11.4. The molecule has 9 nitrogen and oxygen atoms in total. The zero-order valence-corrected chi connectivity index (χ0v) is 24.4. The van der Waals surface area contributed by atoms with Crippen LogP contribution in [0, 0.1) is 5.92 Å². The molecule has 2 aromatic heterocycles. The molecule has 0 N–H and O–H groups in total. The molecule has 2 saturated heterocycles. The number of hydrogen-bond acceptors (Lipinski definition) is 6. The summed E-state index contributed by atoms with van der Waals surface area (Å²) in [6.07, 6.45) is 12.3. The number of hydrogen-bond donors (Lipinski definition) is 0. The van der Waals surface area contributed by atoms with Crippen molar-refractivity contribution in [3.8, 4) is 0 Å². The van der Waals surface area contributed by atoms with Gasteiger partial charge in [-0.05, 0) is 86.9 Å². The Hall–Kier alpha value is -2.43. The third-order valence-electron chi connectivity index (χ3n) is 6.82. The Labute approximate surface area is 236 Å². The van der Waals surface area contributed by atoms with E-state index < -0.39 is 5.60 Å². The predicted octanol–water partition coefficient (Wildman–Crippen LogP) is 6.56. The summed E-state index contributed by atoms with van der Waals surface area (Å²) >= 11 is 10.4. The van der Waals surface area contributed by atoms with Crippen LogP contribution in [0.5, 0.6) is 0 Å². The van der Waals surface area contributed by atoms with Gasteiger partial charge >= 0.3 is 6.09 Å². The molecule has 0 radical (unpaired) electrons. The van der Waals surface area contributed by atoms with Crippen LogP contribution < -0.4 is 0 Å². The molecular weight excluding hydrogens is 572 g/mol. The van der Waals surface area contributed by atoms with Crippen molar-refractivity contribution >= 4 is 56.7 Å². The van der Waals surface area contributed by atoms with Crippen LogP contribution in [0.3, 0.4) is 0 Å². The molecule has 2 unspecified atom stereocenters.